The Morgan fingerprint density at radius 3 is 2.57 bits per heavy atom. The zero-order chi connectivity index (χ0) is 23.9. The van der Waals surface area contributed by atoms with Crippen LogP contribution in [0.4, 0.5) is 10.1 Å². The minimum Gasteiger partial charge on any atom is -0.490 e. The molecule has 1 aromatic carbocycles. The van der Waals surface area contributed by atoms with Crippen molar-refractivity contribution in [1.29, 1.82) is 0 Å². The highest BCUT2D eigenvalue weighted by atomic mass is 19.1. The van der Waals surface area contributed by atoms with Crippen LogP contribution >= 0.6 is 0 Å². The third-order valence-corrected chi connectivity index (χ3v) is 7.60. The van der Waals surface area contributed by atoms with Gasteiger partial charge >= 0.3 is 0 Å². The maximum atomic E-state index is 15.1. The monoisotopic (exact) mass is 478 g/mol. The first-order valence-electron chi connectivity index (χ1n) is 12.7. The van der Waals surface area contributed by atoms with E-state index in [2.05, 4.69) is 16.0 Å². The minimum absolute atomic E-state index is 0.0366. The van der Waals surface area contributed by atoms with Crippen LogP contribution in [0.15, 0.2) is 30.5 Å². The van der Waals surface area contributed by atoms with Gasteiger partial charge in [0.15, 0.2) is 0 Å². The highest BCUT2D eigenvalue weighted by Crippen LogP contribution is 2.37. The Bertz CT molecular complexity index is 1240. The number of H-pyrrole nitrogens is 1. The SMILES string of the molecule is Nc1cc(OC2CC2)ccc1C(=O)N1CCC(c2c(F)cnc3[nH]c(C4CCOCC4)cc23)CC1. The van der Waals surface area contributed by atoms with Crippen molar-refractivity contribution in [3.63, 3.8) is 0 Å². The number of nitrogens with two attached hydrogens (primary N) is 1. The number of piperidine rings is 1. The molecule has 1 saturated carbocycles. The number of rotatable bonds is 5. The second-order valence-corrected chi connectivity index (χ2v) is 10.0. The fourth-order valence-electron chi connectivity index (χ4n) is 5.46. The summed E-state index contributed by atoms with van der Waals surface area (Å²) in [6.45, 7) is 2.62. The Hall–Kier alpha value is -3.13. The molecule has 3 aliphatic rings. The zero-order valence-corrected chi connectivity index (χ0v) is 19.8. The number of halogens is 1. The van der Waals surface area contributed by atoms with Crippen LogP contribution in [0.25, 0.3) is 11.0 Å². The van der Waals surface area contributed by atoms with Gasteiger partial charge in [0.05, 0.1) is 17.9 Å². The largest absolute Gasteiger partial charge is 0.490 e. The lowest BCUT2D eigenvalue weighted by Crippen LogP contribution is -2.38. The van der Waals surface area contributed by atoms with Crippen LogP contribution < -0.4 is 10.5 Å². The Labute approximate surface area is 203 Å². The first-order valence-corrected chi connectivity index (χ1v) is 12.7. The van der Waals surface area contributed by atoms with Crippen molar-refractivity contribution >= 4 is 22.6 Å². The number of hydrogen-bond donors (Lipinski definition) is 2. The van der Waals surface area contributed by atoms with Gasteiger partial charge in [-0.25, -0.2) is 9.37 Å². The molecule has 4 heterocycles. The number of amides is 1. The smallest absolute Gasteiger partial charge is 0.255 e. The highest BCUT2D eigenvalue weighted by Gasteiger charge is 2.30. The highest BCUT2D eigenvalue weighted by molar-refractivity contribution is 5.99. The van der Waals surface area contributed by atoms with E-state index < -0.39 is 0 Å². The van der Waals surface area contributed by atoms with Crippen molar-refractivity contribution in [3.05, 3.63) is 53.1 Å². The Balaban J connectivity index is 1.17. The first-order chi connectivity index (χ1) is 17.1. The number of nitrogens with zero attached hydrogens (tertiary/aromatic N) is 2. The molecular weight excluding hydrogens is 447 g/mol. The maximum absolute atomic E-state index is 15.1. The summed E-state index contributed by atoms with van der Waals surface area (Å²) in [5.74, 6) is 0.788. The lowest BCUT2D eigenvalue weighted by molar-refractivity contribution is 0.0713. The van der Waals surface area contributed by atoms with Crippen molar-refractivity contribution in [3.8, 4) is 5.75 Å². The molecule has 8 heteroatoms. The molecule has 3 N–H and O–H groups in total. The molecule has 7 nitrogen and oxygen atoms in total. The topological polar surface area (TPSA) is 93.5 Å². The van der Waals surface area contributed by atoms with Crippen molar-refractivity contribution in [2.75, 3.05) is 32.0 Å². The average Bonchev–Trinajstić information content (AvgIpc) is 3.59. The van der Waals surface area contributed by atoms with E-state index in [1.54, 1.807) is 12.1 Å². The third kappa shape index (κ3) is 4.47. The lowest BCUT2D eigenvalue weighted by Gasteiger charge is -2.33. The summed E-state index contributed by atoms with van der Waals surface area (Å²) in [6.07, 6.45) is 7.06. The summed E-state index contributed by atoms with van der Waals surface area (Å²) in [4.78, 5) is 22.7. The number of carbonyl (C=O) groups is 1. The van der Waals surface area contributed by atoms with Gasteiger partial charge < -0.3 is 25.1 Å². The van der Waals surface area contributed by atoms with E-state index in [1.165, 1.54) is 6.20 Å². The van der Waals surface area contributed by atoms with Crippen LogP contribution in [0.1, 0.15) is 72.0 Å². The van der Waals surface area contributed by atoms with Crippen molar-refractivity contribution in [1.82, 2.24) is 14.9 Å². The molecule has 0 spiro atoms. The van der Waals surface area contributed by atoms with Gasteiger partial charge in [-0.05, 0) is 62.6 Å². The predicted octanol–water partition coefficient (Wildman–Crippen LogP) is 4.74. The quantitative estimate of drug-likeness (QED) is 0.517. The summed E-state index contributed by atoms with van der Waals surface area (Å²) in [5, 5.41) is 0.867. The van der Waals surface area contributed by atoms with E-state index in [9.17, 15) is 4.79 Å². The van der Waals surface area contributed by atoms with E-state index in [0.29, 0.717) is 48.8 Å². The molecule has 0 radical (unpaired) electrons. The van der Waals surface area contributed by atoms with Gasteiger partial charge in [-0.3, -0.25) is 4.79 Å². The second kappa shape index (κ2) is 9.15. The lowest BCUT2D eigenvalue weighted by atomic mass is 9.87. The molecule has 3 aromatic rings. The fourth-order valence-corrected chi connectivity index (χ4v) is 5.46. The molecule has 0 bridgehead atoms. The van der Waals surface area contributed by atoms with Crippen molar-refractivity contribution in [2.24, 2.45) is 0 Å². The summed E-state index contributed by atoms with van der Waals surface area (Å²) in [7, 11) is 0. The van der Waals surface area contributed by atoms with Crippen LogP contribution in [-0.2, 0) is 4.74 Å². The Morgan fingerprint density at radius 1 is 1.09 bits per heavy atom. The molecule has 6 rings (SSSR count). The molecule has 1 amide bonds. The predicted molar refractivity (Wildman–Crippen MR) is 131 cm³/mol. The number of benzene rings is 1. The molecule has 2 aromatic heterocycles. The molecule has 0 unspecified atom stereocenters. The number of ether oxygens (including phenoxy) is 2. The number of fused-ring (bicyclic) bond motifs is 1. The van der Waals surface area contributed by atoms with Crippen LogP contribution in [0, 0.1) is 5.82 Å². The summed E-state index contributed by atoms with van der Waals surface area (Å²) in [6, 6.07) is 7.40. The number of pyridine rings is 1. The molecule has 2 saturated heterocycles. The Morgan fingerprint density at radius 2 is 1.86 bits per heavy atom. The number of carbonyl (C=O) groups excluding carboxylic acids is 1. The molecule has 0 atom stereocenters. The third-order valence-electron chi connectivity index (χ3n) is 7.60. The number of likely N-dealkylation sites (tertiary alicyclic amines) is 1. The van der Waals surface area contributed by atoms with E-state index in [4.69, 9.17) is 15.2 Å². The van der Waals surface area contributed by atoms with Gasteiger partial charge in [-0.2, -0.15) is 0 Å². The molecule has 2 aliphatic heterocycles. The van der Waals surface area contributed by atoms with Crippen molar-refractivity contribution < 1.29 is 18.7 Å². The zero-order valence-electron chi connectivity index (χ0n) is 19.8. The van der Waals surface area contributed by atoms with Gasteiger partial charge in [0, 0.05) is 60.6 Å². The van der Waals surface area contributed by atoms with Crippen LogP contribution in [-0.4, -0.2) is 53.2 Å². The van der Waals surface area contributed by atoms with Crippen LogP contribution in [0.2, 0.25) is 0 Å². The van der Waals surface area contributed by atoms with Gasteiger partial charge in [0.25, 0.3) is 5.91 Å². The van der Waals surface area contributed by atoms with Gasteiger partial charge in [-0.15, -0.1) is 0 Å². The second-order valence-electron chi connectivity index (χ2n) is 10.0. The summed E-state index contributed by atoms with van der Waals surface area (Å²) >= 11 is 0. The fraction of sp³-hybridized carbons (Fsp3) is 0.481. The molecular formula is C27H31FN4O3. The normalized spacial score (nSPS) is 19.9. The number of nitrogen functional groups attached to an aromatic ring is 1. The number of aromatic nitrogens is 2. The van der Waals surface area contributed by atoms with E-state index in [-0.39, 0.29) is 23.7 Å². The first kappa shape index (κ1) is 22.3. The summed E-state index contributed by atoms with van der Waals surface area (Å²) in [5.41, 5.74) is 9.70. The molecule has 1 aliphatic carbocycles. The van der Waals surface area contributed by atoms with Gasteiger partial charge in [-0.1, -0.05) is 0 Å². The van der Waals surface area contributed by atoms with Gasteiger partial charge in [0.2, 0.25) is 0 Å². The Kier molecular flexibility index (Phi) is 5.84. The number of hydrogen-bond acceptors (Lipinski definition) is 5. The average molecular weight is 479 g/mol. The standard InChI is InChI=1S/C27H31FN4O3/c28-22-15-30-26-21(14-24(31-26)16-7-11-34-12-8-16)25(22)17-5-9-32(10-6-17)27(33)20-4-3-19(13-23(20)29)35-18-1-2-18/h3-4,13-18H,1-2,5-12,29H2,(H,30,31). The number of anilines is 1. The summed E-state index contributed by atoms with van der Waals surface area (Å²) < 4.78 is 26.3. The number of nitrogens with one attached hydrogen (secondary N) is 1. The van der Waals surface area contributed by atoms with Crippen LogP contribution in [0.5, 0.6) is 5.75 Å². The van der Waals surface area contributed by atoms with E-state index >= 15 is 4.39 Å². The molecule has 3 fully saturated rings. The van der Waals surface area contributed by atoms with Crippen LogP contribution in [0.3, 0.4) is 0 Å². The molecule has 35 heavy (non-hydrogen) atoms. The van der Waals surface area contributed by atoms with E-state index in [1.807, 2.05) is 11.0 Å². The molecule has 184 valence electrons. The number of aromatic amines is 1. The van der Waals surface area contributed by atoms with Gasteiger partial charge in [0.1, 0.15) is 17.2 Å². The minimum atomic E-state index is -0.268. The van der Waals surface area contributed by atoms with E-state index in [0.717, 1.165) is 61.2 Å². The maximum Gasteiger partial charge on any atom is 0.255 e. The van der Waals surface area contributed by atoms with Crippen molar-refractivity contribution in [2.45, 2.75) is 56.5 Å².